The fourth-order valence-corrected chi connectivity index (χ4v) is 4.04. The number of nitrogens with zero attached hydrogens (tertiary/aromatic N) is 4. The molecular formula is C21H26ClN5O3. The predicted octanol–water partition coefficient (Wildman–Crippen LogP) is 1.85. The number of halogens is 1. The summed E-state index contributed by atoms with van der Waals surface area (Å²) in [5.41, 5.74) is 0.936. The van der Waals surface area contributed by atoms with Gasteiger partial charge in [0.05, 0.1) is 19.3 Å². The minimum absolute atomic E-state index is 0.0834. The van der Waals surface area contributed by atoms with Crippen LogP contribution in [0.1, 0.15) is 18.4 Å². The second-order valence-corrected chi connectivity index (χ2v) is 8.02. The average Bonchev–Trinajstić information content (AvgIpc) is 3.42. The second kappa shape index (κ2) is 9.59. The van der Waals surface area contributed by atoms with Crippen LogP contribution in [0, 0.1) is 0 Å². The van der Waals surface area contributed by atoms with E-state index in [0.29, 0.717) is 50.2 Å². The van der Waals surface area contributed by atoms with E-state index in [1.54, 1.807) is 16.9 Å². The molecule has 2 aliphatic heterocycles. The van der Waals surface area contributed by atoms with Crippen molar-refractivity contribution in [3.63, 3.8) is 0 Å². The summed E-state index contributed by atoms with van der Waals surface area (Å²) in [4.78, 5) is 28.9. The first-order valence-corrected chi connectivity index (χ1v) is 10.7. The van der Waals surface area contributed by atoms with Gasteiger partial charge in [-0.2, -0.15) is 5.10 Å². The smallest absolute Gasteiger partial charge is 0.251 e. The molecule has 1 atom stereocenters. The molecule has 2 saturated heterocycles. The molecule has 0 spiro atoms. The maximum atomic E-state index is 12.6. The molecule has 1 aromatic heterocycles. The predicted molar refractivity (Wildman–Crippen MR) is 113 cm³/mol. The molecule has 8 nitrogen and oxygen atoms in total. The third kappa shape index (κ3) is 5.00. The Morgan fingerprint density at radius 3 is 2.70 bits per heavy atom. The van der Waals surface area contributed by atoms with Gasteiger partial charge in [0.1, 0.15) is 11.9 Å². The fraction of sp³-hybridized carbons (Fsp3) is 0.476. The van der Waals surface area contributed by atoms with Gasteiger partial charge in [0.2, 0.25) is 5.91 Å². The molecule has 1 aromatic carbocycles. The molecule has 0 saturated carbocycles. The maximum absolute atomic E-state index is 12.6. The van der Waals surface area contributed by atoms with Crippen LogP contribution < -0.4 is 5.32 Å². The monoisotopic (exact) mass is 431 g/mol. The minimum atomic E-state index is -0.279. The fourth-order valence-electron chi connectivity index (χ4n) is 3.84. The molecule has 0 bridgehead atoms. The van der Waals surface area contributed by atoms with E-state index in [1.807, 2.05) is 29.2 Å². The highest BCUT2D eigenvalue weighted by Crippen LogP contribution is 2.18. The summed E-state index contributed by atoms with van der Waals surface area (Å²) < 4.78 is 7.21. The van der Waals surface area contributed by atoms with Crippen LogP contribution in [-0.4, -0.2) is 76.8 Å². The van der Waals surface area contributed by atoms with E-state index in [4.69, 9.17) is 16.3 Å². The van der Waals surface area contributed by atoms with Gasteiger partial charge >= 0.3 is 0 Å². The van der Waals surface area contributed by atoms with Crippen molar-refractivity contribution in [2.45, 2.75) is 25.5 Å². The first-order valence-electron chi connectivity index (χ1n) is 10.3. The van der Waals surface area contributed by atoms with Gasteiger partial charge in [0.15, 0.2) is 0 Å². The van der Waals surface area contributed by atoms with Crippen molar-refractivity contribution in [1.82, 2.24) is 19.6 Å². The van der Waals surface area contributed by atoms with Crippen molar-refractivity contribution in [2.75, 3.05) is 44.6 Å². The topological polar surface area (TPSA) is 79.7 Å². The van der Waals surface area contributed by atoms with Crippen LogP contribution >= 0.6 is 11.6 Å². The van der Waals surface area contributed by atoms with Crippen LogP contribution in [0.5, 0.6) is 0 Å². The molecule has 9 heteroatoms. The second-order valence-electron chi connectivity index (χ2n) is 7.62. The third-order valence-corrected chi connectivity index (χ3v) is 5.89. The Morgan fingerprint density at radius 2 is 1.97 bits per heavy atom. The summed E-state index contributed by atoms with van der Waals surface area (Å²) in [5.74, 6) is 0.613. The Bertz CT molecular complexity index is 888. The van der Waals surface area contributed by atoms with E-state index in [2.05, 4.69) is 15.3 Å². The molecule has 4 rings (SSSR count). The van der Waals surface area contributed by atoms with Gasteiger partial charge in [0.25, 0.3) is 5.91 Å². The number of carbonyl (C=O) groups is 2. The zero-order valence-corrected chi connectivity index (χ0v) is 17.6. The van der Waals surface area contributed by atoms with E-state index in [-0.39, 0.29) is 24.5 Å². The molecule has 3 heterocycles. The summed E-state index contributed by atoms with van der Waals surface area (Å²) >= 11 is 6.23. The highest BCUT2D eigenvalue weighted by atomic mass is 35.5. The molecule has 0 aliphatic carbocycles. The van der Waals surface area contributed by atoms with Gasteiger partial charge in [-0.15, -0.1) is 0 Å². The van der Waals surface area contributed by atoms with Gasteiger partial charge in [-0.3, -0.25) is 14.5 Å². The number of ether oxygens (including phenoxy) is 1. The Kier molecular flexibility index (Phi) is 6.66. The Balaban J connectivity index is 1.26. The van der Waals surface area contributed by atoms with Gasteiger partial charge in [-0.25, -0.2) is 4.68 Å². The molecule has 30 heavy (non-hydrogen) atoms. The Morgan fingerprint density at radius 1 is 1.17 bits per heavy atom. The van der Waals surface area contributed by atoms with E-state index in [0.717, 1.165) is 18.4 Å². The molecule has 0 radical (unpaired) electrons. The zero-order valence-electron chi connectivity index (χ0n) is 16.8. The van der Waals surface area contributed by atoms with Crippen LogP contribution in [0.3, 0.4) is 0 Å². The molecule has 160 valence electrons. The van der Waals surface area contributed by atoms with E-state index < -0.39 is 0 Å². The van der Waals surface area contributed by atoms with Gasteiger partial charge < -0.3 is 15.0 Å². The van der Waals surface area contributed by atoms with Crippen molar-refractivity contribution in [2.24, 2.45) is 0 Å². The van der Waals surface area contributed by atoms with E-state index >= 15 is 0 Å². The Labute approximate surface area is 180 Å². The molecule has 2 aliphatic rings. The number of hydrogen-bond acceptors (Lipinski definition) is 5. The quantitative estimate of drug-likeness (QED) is 0.755. The van der Waals surface area contributed by atoms with Crippen LogP contribution in [0.15, 0.2) is 36.5 Å². The Hall–Kier alpha value is -2.42. The maximum Gasteiger partial charge on any atom is 0.251 e. The number of anilines is 1. The lowest BCUT2D eigenvalue weighted by Crippen LogP contribution is -2.52. The number of aromatic nitrogens is 2. The number of rotatable bonds is 6. The van der Waals surface area contributed by atoms with Gasteiger partial charge in [-0.05, 0) is 24.5 Å². The van der Waals surface area contributed by atoms with Crippen molar-refractivity contribution in [1.29, 1.82) is 0 Å². The van der Waals surface area contributed by atoms with Gasteiger partial charge in [-0.1, -0.05) is 29.8 Å². The van der Waals surface area contributed by atoms with Crippen molar-refractivity contribution < 1.29 is 14.3 Å². The lowest BCUT2D eigenvalue weighted by molar-refractivity contribution is -0.142. The van der Waals surface area contributed by atoms with Crippen LogP contribution in [-0.2, 0) is 20.9 Å². The summed E-state index contributed by atoms with van der Waals surface area (Å²) in [6.07, 6.45) is 3.13. The van der Waals surface area contributed by atoms with Crippen molar-refractivity contribution >= 4 is 29.2 Å². The summed E-state index contributed by atoms with van der Waals surface area (Å²) in [6.45, 7) is 4.01. The largest absolute Gasteiger partial charge is 0.368 e. The molecular weight excluding hydrogens is 406 g/mol. The van der Waals surface area contributed by atoms with Gasteiger partial charge in [0, 0.05) is 43.9 Å². The average molecular weight is 432 g/mol. The molecule has 1 N–H and O–H groups in total. The zero-order chi connectivity index (χ0) is 20.9. The van der Waals surface area contributed by atoms with E-state index in [1.165, 1.54) is 0 Å². The van der Waals surface area contributed by atoms with E-state index in [9.17, 15) is 9.59 Å². The third-order valence-electron chi connectivity index (χ3n) is 5.52. The molecule has 2 amide bonds. The number of hydrogen-bond donors (Lipinski definition) is 1. The number of piperazine rings is 1. The van der Waals surface area contributed by atoms with Crippen LogP contribution in [0.2, 0.25) is 5.02 Å². The number of carbonyl (C=O) groups excluding carboxylic acids is 2. The highest BCUT2D eigenvalue weighted by Gasteiger charge is 2.30. The van der Waals surface area contributed by atoms with Crippen LogP contribution in [0.4, 0.5) is 5.82 Å². The number of amides is 2. The minimum Gasteiger partial charge on any atom is -0.368 e. The normalized spacial score (nSPS) is 19.8. The van der Waals surface area contributed by atoms with Crippen molar-refractivity contribution in [3.05, 3.63) is 47.1 Å². The summed E-state index contributed by atoms with van der Waals surface area (Å²) in [5, 5.41) is 7.89. The lowest BCUT2D eigenvalue weighted by atomic mass is 10.2. The number of nitrogens with one attached hydrogen (secondary N) is 1. The standard InChI is InChI=1S/C21H26ClN5O3/c22-17-5-2-1-4-16(17)14-27-19(7-8-23-27)24-20(28)15-25-9-11-26(12-10-25)21(29)18-6-3-13-30-18/h1-2,4-5,7-8,18H,3,6,9-15H2,(H,24,28). The summed E-state index contributed by atoms with van der Waals surface area (Å²) in [6, 6.07) is 9.35. The lowest BCUT2D eigenvalue weighted by Gasteiger charge is -2.35. The molecule has 1 unspecified atom stereocenters. The first kappa shape index (κ1) is 20.8. The highest BCUT2D eigenvalue weighted by molar-refractivity contribution is 6.31. The van der Waals surface area contributed by atoms with Crippen LogP contribution in [0.25, 0.3) is 0 Å². The first-order chi connectivity index (χ1) is 14.6. The summed E-state index contributed by atoms with van der Waals surface area (Å²) in [7, 11) is 0. The van der Waals surface area contributed by atoms with Crippen molar-refractivity contribution in [3.8, 4) is 0 Å². The SMILES string of the molecule is O=C(CN1CCN(C(=O)C2CCCO2)CC1)Nc1ccnn1Cc1ccccc1Cl. The molecule has 2 aromatic rings. The molecule has 2 fully saturated rings. The number of benzene rings is 1.